The minimum Gasteiger partial charge on any atom is -0.370 e. The molecule has 1 aliphatic heterocycles. The van der Waals surface area contributed by atoms with Gasteiger partial charge in [-0.15, -0.1) is 0 Å². The van der Waals surface area contributed by atoms with E-state index in [4.69, 9.17) is 23.8 Å². The van der Waals surface area contributed by atoms with Crippen LogP contribution in [0.2, 0.25) is 5.02 Å². The van der Waals surface area contributed by atoms with Crippen LogP contribution in [0.1, 0.15) is 18.4 Å². The van der Waals surface area contributed by atoms with Crippen molar-refractivity contribution in [2.24, 2.45) is 0 Å². The van der Waals surface area contributed by atoms with Crippen LogP contribution in [0, 0.1) is 5.82 Å². The van der Waals surface area contributed by atoms with Gasteiger partial charge in [0, 0.05) is 18.8 Å². The summed E-state index contributed by atoms with van der Waals surface area (Å²) in [6.07, 6.45) is -2.49. The Kier molecular flexibility index (Phi) is 5.76. The molecule has 0 radical (unpaired) electrons. The van der Waals surface area contributed by atoms with Crippen LogP contribution < -0.4 is 15.5 Å². The van der Waals surface area contributed by atoms with Crippen molar-refractivity contribution in [3.05, 3.63) is 52.8 Å². The molecule has 0 saturated carbocycles. The first-order valence-corrected chi connectivity index (χ1v) is 9.02. The number of halogens is 5. The zero-order valence-corrected chi connectivity index (χ0v) is 15.6. The lowest BCUT2D eigenvalue weighted by molar-refractivity contribution is -0.137. The van der Waals surface area contributed by atoms with E-state index in [1.165, 1.54) is 24.3 Å². The summed E-state index contributed by atoms with van der Waals surface area (Å²) in [6.45, 7) is 1.54. The van der Waals surface area contributed by atoms with Gasteiger partial charge in [0.2, 0.25) is 0 Å². The fourth-order valence-corrected chi connectivity index (χ4v) is 3.31. The van der Waals surface area contributed by atoms with Gasteiger partial charge < -0.3 is 15.5 Å². The van der Waals surface area contributed by atoms with Crippen LogP contribution in [-0.4, -0.2) is 18.2 Å². The Hall–Kier alpha value is -2.06. The summed E-state index contributed by atoms with van der Waals surface area (Å²) >= 11 is 10.9. The van der Waals surface area contributed by atoms with Gasteiger partial charge in [0.05, 0.1) is 22.0 Å². The molecule has 0 unspecified atom stereocenters. The molecule has 144 valence electrons. The maximum Gasteiger partial charge on any atom is 0.416 e. The Balaban J connectivity index is 1.84. The highest BCUT2D eigenvalue weighted by molar-refractivity contribution is 7.80. The molecule has 0 aromatic heterocycles. The van der Waals surface area contributed by atoms with Gasteiger partial charge in [-0.2, -0.15) is 13.2 Å². The van der Waals surface area contributed by atoms with Crippen molar-refractivity contribution in [2.75, 3.05) is 28.6 Å². The predicted molar refractivity (Wildman–Crippen MR) is 104 cm³/mol. The third-order valence-electron chi connectivity index (χ3n) is 4.20. The van der Waals surface area contributed by atoms with Crippen LogP contribution in [0.25, 0.3) is 0 Å². The molecule has 3 nitrogen and oxygen atoms in total. The molecule has 3 rings (SSSR count). The third-order valence-corrected chi connectivity index (χ3v) is 4.69. The van der Waals surface area contributed by atoms with Crippen molar-refractivity contribution in [3.63, 3.8) is 0 Å². The number of rotatable bonds is 3. The highest BCUT2D eigenvalue weighted by Crippen LogP contribution is 2.36. The lowest BCUT2D eigenvalue weighted by Gasteiger charge is -2.23. The Morgan fingerprint density at radius 3 is 2.37 bits per heavy atom. The van der Waals surface area contributed by atoms with E-state index in [0.717, 1.165) is 38.1 Å². The first kappa shape index (κ1) is 19.7. The molecule has 0 aliphatic carbocycles. The van der Waals surface area contributed by atoms with Gasteiger partial charge in [0.25, 0.3) is 0 Å². The summed E-state index contributed by atoms with van der Waals surface area (Å²) in [5.74, 6) is -0.574. The molecule has 2 N–H and O–H groups in total. The second-order valence-corrected chi connectivity index (χ2v) is 6.95. The number of hydrogen-bond donors (Lipinski definition) is 2. The van der Waals surface area contributed by atoms with Crippen LogP contribution in [0.15, 0.2) is 36.4 Å². The average molecular weight is 418 g/mol. The highest BCUT2D eigenvalue weighted by Gasteiger charge is 2.31. The van der Waals surface area contributed by atoms with Gasteiger partial charge >= 0.3 is 6.18 Å². The summed E-state index contributed by atoms with van der Waals surface area (Å²) in [4.78, 5) is 2.01. The van der Waals surface area contributed by atoms with E-state index in [1.807, 2.05) is 4.90 Å². The minimum absolute atomic E-state index is 0.0810. The molecular weight excluding hydrogens is 402 g/mol. The van der Waals surface area contributed by atoms with Crippen LogP contribution in [0.4, 0.5) is 34.6 Å². The third kappa shape index (κ3) is 4.81. The van der Waals surface area contributed by atoms with E-state index >= 15 is 0 Å². The van der Waals surface area contributed by atoms with Crippen LogP contribution in [-0.2, 0) is 6.18 Å². The second kappa shape index (κ2) is 7.90. The normalized spacial score (nSPS) is 14.3. The molecule has 1 aliphatic rings. The number of anilines is 3. The first-order valence-electron chi connectivity index (χ1n) is 8.23. The fourth-order valence-electron chi connectivity index (χ4n) is 2.90. The van der Waals surface area contributed by atoms with Crippen molar-refractivity contribution in [3.8, 4) is 0 Å². The van der Waals surface area contributed by atoms with Crippen molar-refractivity contribution in [1.82, 2.24) is 0 Å². The molecule has 1 heterocycles. The monoisotopic (exact) mass is 417 g/mol. The Bertz CT molecular complexity index is 851. The van der Waals surface area contributed by atoms with Crippen LogP contribution >= 0.6 is 23.8 Å². The minimum atomic E-state index is -4.46. The van der Waals surface area contributed by atoms with Crippen molar-refractivity contribution >= 4 is 46.0 Å². The van der Waals surface area contributed by atoms with Crippen LogP contribution in [0.3, 0.4) is 0 Å². The molecule has 0 atom stereocenters. The van der Waals surface area contributed by atoms with Gasteiger partial charge in [-0.25, -0.2) is 4.39 Å². The van der Waals surface area contributed by atoms with E-state index in [2.05, 4.69) is 10.6 Å². The van der Waals surface area contributed by atoms with E-state index in [9.17, 15) is 17.6 Å². The molecule has 2 aromatic carbocycles. The Labute approximate surface area is 164 Å². The van der Waals surface area contributed by atoms with E-state index < -0.39 is 17.6 Å². The van der Waals surface area contributed by atoms with Gasteiger partial charge in [-0.05, 0) is 61.5 Å². The summed E-state index contributed by atoms with van der Waals surface area (Å²) in [6, 6.07) is 7.51. The predicted octanol–water partition coefficient (Wildman–Crippen LogP) is 5.91. The van der Waals surface area contributed by atoms with E-state index in [1.54, 1.807) is 0 Å². The van der Waals surface area contributed by atoms with Crippen molar-refractivity contribution in [2.45, 2.75) is 19.0 Å². The maximum atomic E-state index is 13.2. The number of alkyl halides is 3. The van der Waals surface area contributed by atoms with Gasteiger partial charge in [0.1, 0.15) is 5.82 Å². The molecule has 9 heteroatoms. The average Bonchev–Trinajstić information content (AvgIpc) is 3.11. The van der Waals surface area contributed by atoms with Crippen LogP contribution in [0.5, 0.6) is 0 Å². The SMILES string of the molecule is Fc1ccc(NC(=S)Nc2cc(C(F)(F)F)ccc2N2CCCC2)cc1Cl. The topological polar surface area (TPSA) is 27.3 Å². The summed E-state index contributed by atoms with van der Waals surface area (Å²) in [7, 11) is 0. The Morgan fingerprint density at radius 2 is 1.74 bits per heavy atom. The van der Waals surface area contributed by atoms with Gasteiger partial charge in [-0.1, -0.05) is 11.6 Å². The summed E-state index contributed by atoms with van der Waals surface area (Å²) in [5, 5.41) is 5.63. The van der Waals surface area contributed by atoms with E-state index in [-0.39, 0.29) is 15.8 Å². The molecule has 1 fully saturated rings. The number of nitrogens with one attached hydrogen (secondary N) is 2. The van der Waals surface area contributed by atoms with Crippen molar-refractivity contribution < 1.29 is 17.6 Å². The number of nitrogens with zero attached hydrogens (tertiary/aromatic N) is 1. The number of thiocarbonyl (C=S) groups is 1. The number of benzene rings is 2. The van der Waals surface area contributed by atoms with Gasteiger partial charge in [0.15, 0.2) is 5.11 Å². The molecule has 1 saturated heterocycles. The fraction of sp³-hybridized carbons (Fsp3) is 0.278. The maximum absolute atomic E-state index is 13.2. The first-order chi connectivity index (χ1) is 12.7. The second-order valence-electron chi connectivity index (χ2n) is 6.13. The Morgan fingerprint density at radius 1 is 1.04 bits per heavy atom. The molecule has 27 heavy (non-hydrogen) atoms. The standard InChI is InChI=1S/C18H16ClF4N3S/c19-13-10-12(4-5-14(13)20)24-17(27)25-15-9-11(18(21,22)23)3-6-16(15)26-7-1-2-8-26/h3-6,9-10H,1-2,7-8H2,(H2,24,25,27). The molecule has 0 bridgehead atoms. The number of hydrogen-bond acceptors (Lipinski definition) is 2. The smallest absolute Gasteiger partial charge is 0.370 e. The van der Waals surface area contributed by atoms with Gasteiger partial charge in [-0.3, -0.25) is 0 Å². The van der Waals surface area contributed by atoms with Crippen molar-refractivity contribution in [1.29, 1.82) is 0 Å². The molecular formula is C18H16ClF4N3S. The molecule has 0 amide bonds. The quantitative estimate of drug-likeness (QED) is 0.479. The largest absolute Gasteiger partial charge is 0.416 e. The zero-order chi connectivity index (χ0) is 19.6. The molecule has 0 spiro atoms. The lowest BCUT2D eigenvalue weighted by atomic mass is 10.1. The summed E-state index contributed by atoms with van der Waals surface area (Å²) < 4.78 is 52.6. The summed E-state index contributed by atoms with van der Waals surface area (Å²) in [5.41, 5.74) is 0.577. The molecule has 2 aromatic rings. The van der Waals surface area contributed by atoms with E-state index in [0.29, 0.717) is 11.4 Å². The lowest BCUT2D eigenvalue weighted by Crippen LogP contribution is -2.24. The highest BCUT2D eigenvalue weighted by atomic mass is 35.5. The zero-order valence-electron chi connectivity index (χ0n) is 14.0.